The van der Waals surface area contributed by atoms with Gasteiger partial charge < -0.3 is 15.1 Å². The highest BCUT2D eigenvalue weighted by molar-refractivity contribution is 7.89. The van der Waals surface area contributed by atoms with E-state index in [0.29, 0.717) is 6.54 Å². The molecule has 0 aromatic heterocycles. The van der Waals surface area contributed by atoms with Crippen molar-refractivity contribution >= 4 is 33.3 Å². The molecule has 7 nitrogen and oxygen atoms in total. The average molecular weight is 450 g/mol. The van der Waals surface area contributed by atoms with Gasteiger partial charge in [0.1, 0.15) is 0 Å². The highest BCUT2D eigenvalue weighted by atomic mass is 35.5. The van der Waals surface area contributed by atoms with Crippen molar-refractivity contribution < 1.29 is 8.42 Å². The third-order valence-electron chi connectivity index (χ3n) is 5.12. The van der Waals surface area contributed by atoms with E-state index in [9.17, 15) is 8.42 Å². The number of hydrogen-bond donors (Lipinski definition) is 1. The lowest BCUT2D eigenvalue weighted by Crippen LogP contribution is -2.52. The number of anilines is 1. The Hall–Kier alpha value is -2.29. The molecule has 2 aromatic rings. The van der Waals surface area contributed by atoms with Gasteiger partial charge >= 0.3 is 0 Å². The standard InChI is InChI=1S/C21H28ClN5O2S/c1-23-21(24-16-17-7-9-20(10-8-17)30(28,29)25(2)3)27-13-11-26(12-14-27)19-6-4-5-18(22)15-19/h4-10,15H,11-14,16H2,1-3H3,(H,23,24). The molecule has 2 aromatic carbocycles. The Kier molecular flexibility index (Phi) is 7.23. The average Bonchev–Trinajstić information content (AvgIpc) is 2.75. The topological polar surface area (TPSA) is 68.2 Å². The number of nitrogens with one attached hydrogen (secondary N) is 1. The molecule has 0 unspecified atom stereocenters. The summed E-state index contributed by atoms with van der Waals surface area (Å²) in [5.41, 5.74) is 2.13. The highest BCUT2D eigenvalue weighted by Gasteiger charge is 2.20. The van der Waals surface area contributed by atoms with Crippen LogP contribution in [0.1, 0.15) is 5.56 Å². The third kappa shape index (κ3) is 5.24. The summed E-state index contributed by atoms with van der Waals surface area (Å²) >= 11 is 6.11. The van der Waals surface area contributed by atoms with Crippen LogP contribution in [0.3, 0.4) is 0 Å². The molecule has 1 N–H and O–H groups in total. The number of halogens is 1. The van der Waals surface area contributed by atoms with Crippen molar-refractivity contribution in [2.75, 3.05) is 52.2 Å². The molecule has 1 saturated heterocycles. The van der Waals surface area contributed by atoms with E-state index >= 15 is 0 Å². The molecule has 9 heteroatoms. The van der Waals surface area contributed by atoms with Crippen LogP contribution in [-0.2, 0) is 16.6 Å². The number of hydrogen-bond acceptors (Lipinski definition) is 4. The van der Waals surface area contributed by atoms with Crippen LogP contribution >= 0.6 is 11.6 Å². The van der Waals surface area contributed by atoms with Crippen molar-refractivity contribution in [3.8, 4) is 0 Å². The maximum atomic E-state index is 12.2. The second-order valence-electron chi connectivity index (χ2n) is 7.29. The molecule has 1 heterocycles. The van der Waals surface area contributed by atoms with Crippen molar-refractivity contribution in [2.24, 2.45) is 4.99 Å². The van der Waals surface area contributed by atoms with E-state index in [2.05, 4.69) is 26.2 Å². The maximum absolute atomic E-state index is 12.2. The van der Waals surface area contributed by atoms with Gasteiger partial charge in [0.2, 0.25) is 10.0 Å². The summed E-state index contributed by atoms with van der Waals surface area (Å²) in [5, 5.41) is 4.12. The van der Waals surface area contributed by atoms with Crippen LogP contribution in [0, 0.1) is 0 Å². The first-order valence-corrected chi connectivity index (χ1v) is 11.6. The maximum Gasteiger partial charge on any atom is 0.242 e. The summed E-state index contributed by atoms with van der Waals surface area (Å²) in [4.78, 5) is 9.24. The molecule has 0 amide bonds. The van der Waals surface area contributed by atoms with Crippen LogP contribution in [-0.4, -0.2) is 70.9 Å². The van der Waals surface area contributed by atoms with Gasteiger partial charge in [-0.05, 0) is 35.9 Å². The predicted octanol–water partition coefficient (Wildman–Crippen LogP) is 2.49. The Bertz CT molecular complexity index is 985. The molecule has 0 atom stereocenters. The minimum absolute atomic E-state index is 0.290. The Morgan fingerprint density at radius 1 is 1.10 bits per heavy atom. The number of benzene rings is 2. The summed E-state index contributed by atoms with van der Waals surface area (Å²) in [7, 11) is 1.42. The first-order valence-electron chi connectivity index (χ1n) is 9.79. The second-order valence-corrected chi connectivity index (χ2v) is 9.87. The summed E-state index contributed by atoms with van der Waals surface area (Å²) in [5.74, 6) is 0.839. The van der Waals surface area contributed by atoms with E-state index in [1.165, 1.54) is 18.4 Å². The van der Waals surface area contributed by atoms with Gasteiger partial charge in [-0.3, -0.25) is 4.99 Å². The monoisotopic (exact) mass is 449 g/mol. The quantitative estimate of drug-likeness (QED) is 0.561. The van der Waals surface area contributed by atoms with E-state index in [-0.39, 0.29) is 4.90 Å². The number of rotatable bonds is 5. The van der Waals surface area contributed by atoms with Crippen molar-refractivity contribution in [1.29, 1.82) is 0 Å². The minimum Gasteiger partial charge on any atom is -0.368 e. The number of sulfonamides is 1. The van der Waals surface area contributed by atoms with Crippen LogP contribution < -0.4 is 10.2 Å². The zero-order valence-corrected chi connectivity index (χ0v) is 19.1. The molecule has 1 fully saturated rings. The first-order chi connectivity index (χ1) is 14.3. The third-order valence-corrected chi connectivity index (χ3v) is 7.18. The number of piperazine rings is 1. The summed E-state index contributed by atoms with van der Waals surface area (Å²) in [6.45, 7) is 4.05. The molecular weight excluding hydrogens is 422 g/mol. The molecule has 0 radical (unpaired) electrons. The highest BCUT2D eigenvalue weighted by Crippen LogP contribution is 2.21. The molecule has 0 saturated carbocycles. The molecule has 30 heavy (non-hydrogen) atoms. The van der Waals surface area contributed by atoms with Crippen LogP contribution in [0.2, 0.25) is 5.02 Å². The van der Waals surface area contributed by atoms with Gasteiger partial charge in [0.05, 0.1) is 4.90 Å². The van der Waals surface area contributed by atoms with E-state index in [4.69, 9.17) is 11.6 Å². The normalized spacial score (nSPS) is 15.6. The largest absolute Gasteiger partial charge is 0.368 e. The number of nitrogens with zero attached hydrogens (tertiary/aromatic N) is 4. The molecular formula is C21H28ClN5O2S. The molecule has 162 valence electrons. The molecule has 1 aliphatic heterocycles. The number of aliphatic imine (C=N–C) groups is 1. The van der Waals surface area contributed by atoms with Gasteiger partial charge in [-0.1, -0.05) is 29.8 Å². The van der Waals surface area contributed by atoms with Crippen LogP contribution in [0.25, 0.3) is 0 Å². The number of guanidine groups is 1. The minimum atomic E-state index is -3.41. The van der Waals surface area contributed by atoms with Gasteiger partial charge in [-0.15, -0.1) is 0 Å². The summed E-state index contributed by atoms with van der Waals surface area (Å²) in [6, 6.07) is 14.9. The van der Waals surface area contributed by atoms with Gasteiger partial charge in [0, 0.05) is 64.6 Å². The molecule has 0 spiro atoms. The van der Waals surface area contributed by atoms with Crippen molar-refractivity contribution in [1.82, 2.24) is 14.5 Å². The van der Waals surface area contributed by atoms with Crippen LogP contribution in [0.5, 0.6) is 0 Å². The Balaban J connectivity index is 1.55. The summed E-state index contributed by atoms with van der Waals surface area (Å²) in [6.07, 6.45) is 0. The SMILES string of the molecule is CN=C(NCc1ccc(S(=O)(=O)N(C)C)cc1)N1CCN(c2cccc(Cl)c2)CC1. The smallest absolute Gasteiger partial charge is 0.242 e. The van der Waals surface area contributed by atoms with Gasteiger partial charge in [-0.25, -0.2) is 12.7 Å². The molecule has 0 aliphatic carbocycles. The fourth-order valence-corrected chi connectivity index (χ4v) is 4.44. The van der Waals surface area contributed by atoms with E-state index in [1.807, 2.05) is 30.3 Å². The van der Waals surface area contributed by atoms with Crippen molar-refractivity contribution in [3.63, 3.8) is 0 Å². The van der Waals surface area contributed by atoms with Crippen molar-refractivity contribution in [2.45, 2.75) is 11.4 Å². The lowest BCUT2D eigenvalue weighted by Gasteiger charge is -2.37. The van der Waals surface area contributed by atoms with Gasteiger partial charge in [0.15, 0.2) is 5.96 Å². The second kappa shape index (κ2) is 9.68. The van der Waals surface area contributed by atoms with Gasteiger partial charge in [-0.2, -0.15) is 0 Å². The summed E-state index contributed by atoms with van der Waals surface area (Å²) < 4.78 is 25.6. The van der Waals surface area contributed by atoms with Gasteiger partial charge in [0.25, 0.3) is 0 Å². The van der Waals surface area contributed by atoms with Crippen LogP contribution in [0.15, 0.2) is 58.4 Å². The fourth-order valence-electron chi connectivity index (χ4n) is 3.35. The molecule has 0 bridgehead atoms. The molecule has 3 rings (SSSR count). The zero-order valence-electron chi connectivity index (χ0n) is 17.5. The predicted molar refractivity (Wildman–Crippen MR) is 123 cm³/mol. The Morgan fingerprint density at radius 3 is 2.33 bits per heavy atom. The first kappa shape index (κ1) is 22.4. The lowest BCUT2D eigenvalue weighted by atomic mass is 10.2. The Morgan fingerprint density at radius 2 is 1.77 bits per heavy atom. The van der Waals surface area contributed by atoms with Crippen LogP contribution in [0.4, 0.5) is 5.69 Å². The van der Waals surface area contributed by atoms with E-state index < -0.39 is 10.0 Å². The van der Waals surface area contributed by atoms with E-state index in [0.717, 1.165) is 48.4 Å². The zero-order chi connectivity index (χ0) is 21.7. The lowest BCUT2D eigenvalue weighted by molar-refractivity contribution is 0.372. The fraction of sp³-hybridized carbons (Fsp3) is 0.381. The Labute approximate surface area is 184 Å². The van der Waals surface area contributed by atoms with Crippen molar-refractivity contribution in [3.05, 3.63) is 59.1 Å². The van der Waals surface area contributed by atoms with E-state index in [1.54, 1.807) is 19.2 Å². The molecule has 1 aliphatic rings.